The first-order valence-electron chi connectivity index (χ1n) is 12.1. The molecule has 2 rings (SSSR count). The van der Waals surface area contributed by atoms with Crippen molar-refractivity contribution in [2.24, 2.45) is 0 Å². The predicted molar refractivity (Wildman–Crippen MR) is 140 cm³/mol. The Kier molecular flexibility index (Phi) is 12.5. The molecule has 0 N–H and O–H groups in total. The summed E-state index contributed by atoms with van der Waals surface area (Å²) in [6.45, 7) is 8.14. The Hall–Kier alpha value is -4.07. The van der Waals surface area contributed by atoms with Gasteiger partial charge in [0.2, 0.25) is 0 Å². The van der Waals surface area contributed by atoms with Crippen molar-refractivity contribution in [3.63, 3.8) is 0 Å². The second-order valence-electron chi connectivity index (χ2n) is 8.09. The van der Waals surface area contributed by atoms with Gasteiger partial charge in [0.05, 0.1) is 32.5 Å². The van der Waals surface area contributed by atoms with Gasteiger partial charge in [-0.2, -0.15) is 0 Å². The van der Waals surface area contributed by atoms with Crippen LogP contribution in [0.4, 0.5) is 0 Å². The molecule has 0 saturated carbocycles. The zero-order valence-corrected chi connectivity index (χ0v) is 21.6. The van der Waals surface area contributed by atoms with Crippen molar-refractivity contribution in [1.82, 2.24) is 0 Å². The van der Waals surface area contributed by atoms with E-state index in [1.54, 1.807) is 62.4 Å². The Morgan fingerprint density at radius 1 is 0.892 bits per heavy atom. The highest BCUT2D eigenvalue weighted by molar-refractivity contribution is 5.91. The summed E-state index contributed by atoms with van der Waals surface area (Å²) in [4.78, 5) is 35.4. The van der Waals surface area contributed by atoms with Gasteiger partial charge in [0, 0.05) is 11.6 Å². The molecule has 2 aromatic carbocycles. The van der Waals surface area contributed by atoms with Crippen LogP contribution in [-0.2, 0) is 19.1 Å². The van der Waals surface area contributed by atoms with Crippen LogP contribution >= 0.6 is 0 Å². The molecule has 0 radical (unpaired) electrons. The average molecular weight is 511 g/mol. The Morgan fingerprint density at radius 3 is 2.24 bits per heavy atom. The van der Waals surface area contributed by atoms with Crippen molar-refractivity contribution in [3.05, 3.63) is 71.8 Å². The van der Waals surface area contributed by atoms with Crippen LogP contribution < -0.4 is 14.2 Å². The van der Waals surface area contributed by atoms with E-state index in [9.17, 15) is 14.4 Å². The number of ether oxygens (including phenoxy) is 5. The van der Waals surface area contributed by atoms with Gasteiger partial charge >= 0.3 is 17.9 Å². The molecule has 0 unspecified atom stereocenters. The number of hydrogen-bond acceptors (Lipinski definition) is 8. The molecule has 8 nitrogen and oxygen atoms in total. The number of esters is 3. The lowest BCUT2D eigenvalue weighted by atomic mass is 10.2. The number of benzene rings is 2. The van der Waals surface area contributed by atoms with Crippen molar-refractivity contribution < 1.29 is 38.1 Å². The molecule has 0 aromatic heterocycles. The molecule has 8 heteroatoms. The second kappa shape index (κ2) is 15.8. The SMILES string of the molecule is C=C(C)C(=O)OCCCCCCOc1ccc(C(=O)Oc2ccc(/C=C/C(=O)OCC)cc2OC)cc1. The maximum atomic E-state index is 12.6. The third-order valence-electron chi connectivity index (χ3n) is 5.07. The Labute approximate surface area is 217 Å². The lowest BCUT2D eigenvalue weighted by molar-refractivity contribution is -0.139. The van der Waals surface area contributed by atoms with E-state index < -0.39 is 11.9 Å². The topological polar surface area (TPSA) is 97.4 Å². The number of hydrogen-bond donors (Lipinski definition) is 0. The van der Waals surface area contributed by atoms with Crippen LogP contribution in [0.15, 0.2) is 60.7 Å². The molecule has 0 aliphatic carbocycles. The molecular formula is C29H34O8. The molecule has 0 amide bonds. The van der Waals surface area contributed by atoms with Gasteiger partial charge in [-0.1, -0.05) is 12.6 Å². The van der Waals surface area contributed by atoms with Gasteiger partial charge in [0.1, 0.15) is 5.75 Å². The van der Waals surface area contributed by atoms with Gasteiger partial charge in [-0.3, -0.25) is 0 Å². The Balaban J connectivity index is 1.78. The summed E-state index contributed by atoms with van der Waals surface area (Å²) in [6, 6.07) is 11.7. The molecule has 0 atom stereocenters. The maximum absolute atomic E-state index is 12.6. The maximum Gasteiger partial charge on any atom is 0.343 e. The van der Waals surface area contributed by atoms with Crippen molar-refractivity contribution in [2.45, 2.75) is 39.5 Å². The fourth-order valence-electron chi connectivity index (χ4n) is 3.11. The largest absolute Gasteiger partial charge is 0.494 e. The minimum absolute atomic E-state index is 0.260. The van der Waals surface area contributed by atoms with Crippen LogP contribution in [-0.4, -0.2) is 44.8 Å². The first kappa shape index (κ1) is 29.2. The third kappa shape index (κ3) is 10.6. The van der Waals surface area contributed by atoms with Gasteiger partial charge in [0.15, 0.2) is 11.5 Å². The summed E-state index contributed by atoms with van der Waals surface area (Å²) in [6.07, 6.45) is 6.46. The van der Waals surface area contributed by atoms with E-state index in [4.69, 9.17) is 23.7 Å². The smallest absolute Gasteiger partial charge is 0.343 e. The zero-order chi connectivity index (χ0) is 27.0. The van der Waals surface area contributed by atoms with E-state index in [1.807, 2.05) is 0 Å². The summed E-state index contributed by atoms with van der Waals surface area (Å²) in [5.41, 5.74) is 1.46. The van der Waals surface area contributed by atoms with E-state index in [2.05, 4.69) is 6.58 Å². The minimum atomic E-state index is -0.535. The molecule has 0 bridgehead atoms. The van der Waals surface area contributed by atoms with Crippen LogP contribution in [0.5, 0.6) is 17.2 Å². The van der Waals surface area contributed by atoms with Crippen molar-refractivity contribution in [3.8, 4) is 17.2 Å². The van der Waals surface area contributed by atoms with Crippen LogP contribution in [0, 0.1) is 0 Å². The Morgan fingerprint density at radius 2 is 1.59 bits per heavy atom. The van der Waals surface area contributed by atoms with Crippen LogP contribution in [0.2, 0.25) is 0 Å². The fourth-order valence-corrected chi connectivity index (χ4v) is 3.11. The van der Waals surface area contributed by atoms with E-state index >= 15 is 0 Å². The van der Waals surface area contributed by atoms with Crippen molar-refractivity contribution in [1.29, 1.82) is 0 Å². The predicted octanol–water partition coefficient (Wildman–Crippen LogP) is 5.55. The van der Waals surface area contributed by atoms with Gasteiger partial charge in [-0.25, -0.2) is 14.4 Å². The fraction of sp³-hybridized carbons (Fsp3) is 0.345. The van der Waals surface area contributed by atoms with Crippen LogP contribution in [0.25, 0.3) is 6.08 Å². The molecule has 0 fully saturated rings. The number of carbonyl (C=O) groups is 3. The van der Waals surface area contributed by atoms with E-state index in [-0.39, 0.29) is 11.7 Å². The summed E-state index contributed by atoms with van der Waals surface area (Å²) in [5, 5.41) is 0. The summed E-state index contributed by atoms with van der Waals surface area (Å²) in [7, 11) is 1.47. The highest BCUT2D eigenvalue weighted by atomic mass is 16.6. The van der Waals surface area contributed by atoms with Crippen LogP contribution in [0.3, 0.4) is 0 Å². The molecule has 0 aliphatic rings. The Bertz CT molecular complexity index is 1090. The van der Waals surface area contributed by atoms with Gasteiger partial charge in [-0.15, -0.1) is 0 Å². The average Bonchev–Trinajstić information content (AvgIpc) is 2.89. The van der Waals surface area contributed by atoms with Crippen molar-refractivity contribution >= 4 is 24.0 Å². The number of carbonyl (C=O) groups excluding carboxylic acids is 3. The molecule has 2 aromatic rings. The second-order valence-corrected chi connectivity index (χ2v) is 8.09. The quantitative estimate of drug-likeness (QED) is 0.133. The summed E-state index contributed by atoms with van der Waals surface area (Å²) in [5.74, 6) is -0.0609. The lowest BCUT2D eigenvalue weighted by Crippen LogP contribution is -2.09. The molecule has 0 saturated heterocycles. The molecule has 37 heavy (non-hydrogen) atoms. The minimum Gasteiger partial charge on any atom is -0.494 e. The highest BCUT2D eigenvalue weighted by Crippen LogP contribution is 2.29. The monoisotopic (exact) mass is 510 g/mol. The first-order valence-corrected chi connectivity index (χ1v) is 12.1. The third-order valence-corrected chi connectivity index (χ3v) is 5.07. The van der Waals surface area contributed by atoms with E-state index in [0.717, 1.165) is 25.7 Å². The van der Waals surface area contributed by atoms with E-state index in [1.165, 1.54) is 13.2 Å². The number of methoxy groups -OCH3 is 1. The van der Waals surface area contributed by atoms with Gasteiger partial charge in [0.25, 0.3) is 0 Å². The molecular weight excluding hydrogens is 476 g/mol. The summed E-state index contributed by atoms with van der Waals surface area (Å²) >= 11 is 0. The zero-order valence-electron chi connectivity index (χ0n) is 21.6. The standard InChI is InChI=1S/C29H34O8/c1-5-34-27(30)17-11-22-10-16-25(26(20-22)33-4)37-29(32)23-12-14-24(15-13-23)35-18-8-6-7-9-19-36-28(31)21(2)3/h10-17,20H,2,5-9,18-19H2,1,3-4H3/b17-11+. The van der Waals surface area contributed by atoms with Crippen LogP contribution in [0.1, 0.15) is 55.5 Å². The number of unbranched alkanes of at least 4 members (excludes halogenated alkanes) is 3. The molecule has 0 spiro atoms. The summed E-state index contributed by atoms with van der Waals surface area (Å²) < 4.78 is 26.5. The van der Waals surface area contributed by atoms with E-state index in [0.29, 0.717) is 48.0 Å². The first-order chi connectivity index (χ1) is 17.8. The van der Waals surface area contributed by atoms with Crippen molar-refractivity contribution in [2.75, 3.05) is 26.9 Å². The van der Waals surface area contributed by atoms with Gasteiger partial charge < -0.3 is 23.7 Å². The lowest BCUT2D eigenvalue weighted by Gasteiger charge is -2.11. The highest BCUT2D eigenvalue weighted by Gasteiger charge is 2.13. The number of rotatable bonds is 15. The normalized spacial score (nSPS) is 10.6. The molecule has 0 aliphatic heterocycles. The molecule has 0 heterocycles. The van der Waals surface area contributed by atoms with Gasteiger partial charge in [-0.05, 0) is 87.6 Å². The molecule has 198 valence electrons.